The maximum absolute atomic E-state index is 12.0. The van der Waals surface area contributed by atoms with Gasteiger partial charge in [-0.3, -0.25) is 14.8 Å². The SMILES string of the molecule is O=C(O)N1CCN(c2nc3cnccc3c(=O)[nH]2)CC1. The molecule has 0 aliphatic carbocycles. The van der Waals surface area contributed by atoms with Crippen LogP contribution < -0.4 is 10.5 Å². The average molecular weight is 275 g/mol. The smallest absolute Gasteiger partial charge is 0.407 e. The summed E-state index contributed by atoms with van der Waals surface area (Å²) in [4.78, 5) is 37.1. The fourth-order valence-corrected chi connectivity index (χ4v) is 2.24. The highest BCUT2D eigenvalue weighted by molar-refractivity contribution is 5.77. The number of H-pyrrole nitrogens is 1. The summed E-state index contributed by atoms with van der Waals surface area (Å²) in [5.41, 5.74) is 0.319. The van der Waals surface area contributed by atoms with Gasteiger partial charge in [-0.25, -0.2) is 9.78 Å². The minimum Gasteiger partial charge on any atom is -0.465 e. The van der Waals surface area contributed by atoms with Crippen molar-refractivity contribution in [3.8, 4) is 0 Å². The van der Waals surface area contributed by atoms with Crippen molar-refractivity contribution in [1.29, 1.82) is 0 Å². The molecule has 8 heteroatoms. The Labute approximate surface area is 113 Å². The van der Waals surface area contributed by atoms with Gasteiger partial charge in [0.1, 0.15) is 0 Å². The summed E-state index contributed by atoms with van der Waals surface area (Å²) in [6.07, 6.45) is 2.17. The molecule has 0 saturated carbocycles. The summed E-state index contributed by atoms with van der Waals surface area (Å²) >= 11 is 0. The van der Waals surface area contributed by atoms with E-state index in [4.69, 9.17) is 5.11 Å². The molecule has 1 saturated heterocycles. The first-order valence-electron chi connectivity index (χ1n) is 6.22. The molecule has 0 spiro atoms. The molecular weight excluding hydrogens is 262 g/mol. The fraction of sp³-hybridized carbons (Fsp3) is 0.333. The average Bonchev–Trinajstić information content (AvgIpc) is 2.47. The number of aromatic amines is 1. The number of fused-ring (bicyclic) bond motifs is 1. The summed E-state index contributed by atoms with van der Waals surface area (Å²) in [5.74, 6) is 0.459. The van der Waals surface area contributed by atoms with Crippen molar-refractivity contribution >= 4 is 22.9 Å². The lowest BCUT2D eigenvalue weighted by Crippen LogP contribution is -2.49. The van der Waals surface area contributed by atoms with E-state index in [0.717, 1.165) is 0 Å². The molecule has 3 rings (SSSR count). The molecule has 2 aromatic rings. The van der Waals surface area contributed by atoms with Crippen LogP contribution in [0.5, 0.6) is 0 Å². The van der Waals surface area contributed by atoms with Crippen LogP contribution in [0.25, 0.3) is 10.9 Å². The van der Waals surface area contributed by atoms with Gasteiger partial charge in [0.05, 0.1) is 17.1 Å². The normalized spacial score (nSPS) is 15.6. The van der Waals surface area contributed by atoms with E-state index in [9.17, 15) is 9.59 Å². The molecule has 1 aliphatic heterocycles. The van der Waals surface area contributed by atoms with Crippen LogP contribution in [0.1, 0.15) is 0 Å². The number of piperazine rings is 1. The van der Waals surface area contributed by atoms with Crippen molar-refractivity contribution in [1.82, 2.24) is 19.9 Å². The first-order chi connectivity index (χ1) is 9.65. The van der Waals surface area contributed by atoms with Crippen LogP contribution in [-0.2, 0) is 0 Å². The summed E-state index contributed by atoms with van der Waals surface area (Å²) in [7, 11) is 0. The number of rotatable bonds is 1. The molecule has 0 atom stereocenters. The van der Waals surface area contributed by atoms with Crippen molar-refractivity contribution < 1.29 is 9.90 Å². The van der Waals surface area contributed by atoms with Crippen molar-refractivity contribution in [2.24, 2.45) is 0 Å². The molecule has 1 aliphatic rings. The van der Waals surface area contributed by atoms with Crippen molar-refractivity contribution in [2.75, 3.05) is 31.1 Å². The predicted molar refractivity (Wildman–Crippen MR) is 72.0 cm³/mol. The quantitative estimate of drug-likeness (QED) is 0.766. The molecule has 1 fully saturated rings. The third-order valence-corrected chi connectivity index (χ3v) is 3.35. The zero-order chi connectivity index (χ0) is 14.1. The highest BCUT2D eigenvalue weighted by Crippen LogP contribution is 2.13. The summed E-state index contributed by atoms with van der Waals surface area (Å²) in [6, 6.07) is 1.62. The number of carbonyl (C=O) groups is 1. The number of nitrogens with one attached hydrogen (secondary N) is 1. The maximum atomic E-state index is 12.0. The Balaban J connectivity index is 1.88. The van der Waals surface area contributed by atoms with Crippen molar-refractivity contribution in [3.05, 3.63) is 28.8 Å². The maximum Gasteiger partial charge on any atom is 0.407 e. The van der Waals surface area contributed by atoms with E-state index in [0.29, 0.717) is 43.0 Å². The summed E-state index contributed by atoms with van der Waals surface area (Å²) in [6.45, 7) is 1.79. The van der Waals surface area contributed by atoms with E-state index >= 15 is 0 Å². The Morgan fingerprint density at radius 3 is 2.75 bits per heavy atom. The Morgan fingerprint density at radius 1 is 1.30 bits per heavy atom. The minimum absolute atomic E-state index is 0.215. The molecule has 104 valence electrons. The Hall–Kier alpha value is -2.64. The van der Waals surface area contributed by atoms with Crippen LogP contribution in [0.15, 0.2) is 23.3 Å². The number of amides is 1. The van der Waals surface area contributed by atoms with Gasteiger partial charge in [-0.1, -0.05) is 0 Å². The highest BCUT2D eigenvalue weighted by atomic mass is 16.4. The second-order valence-corrected chi connectivity index (χ2v) is 4.54. The van der Waals surface area contributed by atoms with Crippen LogP contribution in [-0.4, -0.2) is 57.2 Å². The predicted octanol–water partition coefficient (Wildman–Crippen LogP) is 0.118. The molecule has 2 aromatic heterocycles. The van der Waals surface area contributed by atoms with Gasteiger partial charge in [0.15, 0.2) is 0 Å². The van der Waals surface area contributed by atoms with Gasteiger partial charge < -0.3 is 14.9 Å². The van der Waals surface area contributed by atoms with Crippen LogP contribution in [0.3, 0.4) is 0 Å². The summed E-state index contributed by atoms with van der Waals surface area (Å²) in [5, 5.41) is 9.40. The number of hydrogen-bond acceptors (Lipinski definition) is 5. The first-order valence-corrected chi connectivity index (χ1v) is 6.22. The number of anilines is 1. The van der Waals surface area contributed by atoms with Gasteiger partial charge in [0.25, 0.3) is 5.56 Å². The van der Waals surface area contributed by atoms with Crippen LogP contribution in [0.2, 0.25) is 0 Å². The molecule has 0 radical (unpaired) electrons. The van der Waals surface area contributed by atoms with Gasteiger partial charge in [0.2, 0.25) is 5.95 Å². The van der Waals surface area contributed by atoms with E-state index in [2.05, 4.69) is 15.0 Å². The molecule has 0 aromatic carbocycles. The summed E-state index contributed by atoms with van der Waals surface area (Å²) < 4.78 is 0. The number of nitrogens with zero attached hydrogens (tertiary/aromatic N) is 4. The zero-order valence-electron chi connectivity index (χ0n) is 10.6. The highest BCUT2D eigenvalue weighted by Gasteiger charge is 2.22. The van der Waals surface area contributed by atoms with Crippen molar-refractivity contribution in [2.45, 2.75) is 0 Å². The molecule has 8 nitrogen and oxygen atoms in total. The lowest BCUT2D eigenvalue weighted by atomic mass is 10.3. The molecule has 1 amide bonds. The van der Waals surface area contributed by atoms with E-state index in [1.807, 2.05) is 4.90 Å². The van der Waals surface area contributed by atoms with Gasteiger partial charge >= 0.3 is 6.09 Å². The van der Waals surface area contributed by atoms with Crippen molar-refractivity contribution in [3.63, 3.8) is 0 Å². The fourth-order valence-electron chi connectivity index (χ4n) is 2.24. The Bertz CT molecular complexity index is 706. The minimum atomic E-state index is -0.922. The molecule has 0 bridgehead atoms. The second-order valence-electron chi connectivity index (χ2n) is 4.54. The number of hydrogen-bond donors (Lipinski definition) is 2. The van der Waals surface area contributed by atoms with Crippen LogP contribution in [0, 0.1) is 0 Å². The number of aromatic nitrogens is 3. The van der Waals surface area contributed by atoms with Gasteiger partial charge in [-0.05, 0) is 6.07 Å². The van der Waals surface area contributed by atoms with E-state index in [-0.39, 0.29) is 5.56 Å². The third-order valence-electron chi connectivity index (χ3n) is 3.35. The topological polar surface area (TPSA) is 102 Å². The largest absolute Gasteiger partial charge is 0.465 e. The first kappa shape index (κ1) is 12.4. The van der Waals surface area contributed by atoms with Crippen LogP contribution in [0.4, 0.5) is 10.7 Å². The van der Waals surface area contributed by atoms with Gasteiger partial charge in [-0.2, -0.15) is 0 Å². The van der Waals surface area contributed by atoms with Gasteiger partial charge in [-0.15, -0.1) is 0 Å². The molecule has 20 heavy (non-hydrogen) atoms. The molecule has 2 N–H and O–H groups in total. The van der Waals surface area contributed by atoms with E-state index in [1.165, 1.54) is 4.90 Å². The molecule has 0 unspecified atom stereocenters. The molecular formula is C12H13N5O3. The second kappa shape index (κ2) is 4.80. The number of pyridine rings is 1. The Morgan fingerprint density at radius 2 is 2.05 bits per heavy atom. The lowest BCUT2D eigenvalue weighted by Gasteiger charge is -2.33. The zero-order valence-corrected chi connectivity index (χ0v) is 10.6. The van der Waals surface area contributed by atoms with Crippen LogP contribution >= 0.6 is 0 Å². The number of carboxylic acid groups (broad SMARTS) is 1. The monoisotopic (exact) mass is 275 g/mol. The van der Waals surface area contributed by atoms with Gasteiger partial charge in [0, 0.05) is 32.4 Å². The molecule has 3 heterocycles. The standard InChI is InChI=1S/C12H13N5O3/c18-10-8-1-2-13-7-9(8)14-11(15-10)16-3-5-17(6-4-16)12(19)20/h1-2,7H,3-6H2,(H,19,20)(H,14,15,18). The lowest BCUT2D eigenvalue weighted by molar-refractivity contribution is 0.142. The third kappa shape index (κ3) is 2.15. The van der Waals surface area contributed by atoms with E-state index < -0.39 is 6.09 Å². The van der Waals surface area contributed by atoms with E-state index in [1.54, 1.807) is 18.5 Å². The Kier molecular flexibility index (Phi) is 2.97.